The predicted molar refractivity (Wildman–Crippen MR) is 72.5 cm³/mol. The summed E-state index contributed by atoms with van der Waals surface area (Å²) in [7, 11) is 0. The van der Waals surface area contributed by atoms with E-state index in [0.29, 0.717) is 12.1 Å². The molecule has 1 aliphatic rings. The van der Waals surface area contributed by atoms with Crippen molar-refractivity contribution in [2.45, 2.75) is 65.3 Å². The van der Waals surface area contributed by atoms with Crippen LogP contribution in [0.4, 0.5) is 0 Å². The van der Waals surface area contributed by atoms with E-state index in [1.807, 2.05) is 6.20 Å². The zero-order valence-electron chi connectivity index (χ0n) is 11.8. The molecule has 18 heavy (non-hydrogen) atoms. The van der Waals surface area contributed by atoms with Gasteiger partial charge in [0, 0.05) is 31.9 Å². The standard InChI is InChI=1S/C14H25N3O/c1-11(2)15-9-13-10-16-12(3)17(13)7-6-14-5-4-8-18-14/h10-11,14-15H,4-9H2,1-3H3. The Morgan fingerprint density at radius 3 is 3.06 bits per heavy atom. The highest BCUT2D eigenvalue weighted by Gasteiger charge is 2.16. The maximum Gasteiger partial charge on any atom is 0.105 e. The lowest BCUT2D eigenvalue weighted by atomic mass is 10.2. The summed E-state index contributed by atoms with van der Waals surface area (Å²) in [5.74, 6) is 1.11. The van der Waals surface area contributed by atoms with Crippen LogP contribution in [0.5, 0.6) is 0 Å². The normalized spacial score (nSPS) is 19.9. The number of aryl methyl sites for hydroxylation is 1. The number of nitrogens with zero attached hydrogens (tertiary/aromatic N) is 2. The van der Waals surface area contributed by atoms with Gasteiger partial charge in [0.1, 0.15) is 5.82 Å². The van der Waals surface area contributed by atoms with Gasteiger partial charge in [-0.2, -0.15) is 0 Å². The first-order chi connectivity index (χ1) is 8.66. The van der Waals surface area contributed by atoms with Gasteiger partial charge in [-0.05, 0) is 26.2 Å². The molecule has 1 aromatic heterocycles. The van der Waals surface area contributed by atoms with Gasteiger partial charge in [-0.25, -0.2) is 4.98 Å². The third kappa shape index (κ3) is 3.56. The van der Waals surface area contributed by atoms with Gasteiger partial charge in [-0.3, -0.25) is 0 Å². The number of rotatable bonds is 6. The summed E-state index contributed by atoms with van der Waals surface area (Å²) in [5, 5.41) is 3.45. The first-order valence-corrected chi connectivity index (χ1v) is 7.03. The Bertz CT molecular complexity index is 367. The van der Waals surface area contributed by atoms with Gasteiger partial charge in [-0.15, -0.1) is 0 Å². The zero-order valence-corrected chi connectivity index (χ0v) is 11.8. The smallest absolute Gasteiger partial charge is 0.105 e. The molecule has 1 aromatic rings. The number of imidazole rings is 1. The van der Waals surface area contributed by atoms with Crippen LogP contribution in [-0.2, 0) is 17.8 Å². The molecule has 1 atom stereocenters. The van der Waals surface area contributed by atoms with Crippen LogP contribution in [0.2, 0.25) is 0 Å². The van der Waals surface area contributed by atoms with E-state index in [9.17, 15) is 0 Å². The molecule has 1 unspecified atom stereocenters. The van der Waals surface area contributed by atoms with E-state index in [1.165, 1.54) is 18.5 Å². The maximum atomic E-state index is 5.68. The van der Waals surface area contributed by atoms with Crippen molar-refractivity contribution in [3.05, 3.63) is 17.7 Å². The highest BCUT2D eigenvalue weighted by molar-refractivity contribution is 5.04. The third-order valence-electron chi connectivity index (χ3n) is 3.53. The Kier molecular flexibility index (Phi) is 4.78. The molecule has 2 heterocycles. The van der Waals surface area contributed by atoms with E-state index in [1.54, 1.807) is 0 Å². The van der Waals surface area contributed by atoms with Crippen molar-refractivity contribution in [1.29, 1.82) is 0 Å². The van der Waals surface area contributed by atoms with E-state index >= 15 is 0 Å². The van der Waals surface area contributed by atoms with Gasteiger partial charge in [0.25, 0.3) is 0 Å². The van der Waals surface area contributed by atoms with Crippen molar-refractivity contribution in [2.24, 2.45) is 0 Å². The topological polar surface area (TPSA) is 39.1 Å². The second-order valence-electron chi connectivity index (χ2n) is 5.41. The highest BCUT2D eigenvalue weighted by Crippen LogP contribution is 2.17. The Morgan fingerprint density at radius 2 is 2.39 bits per heavy atom. The molecule has 4 heteroatoms. The van der Waals surface area contributed by atoms with E-state index in [0.717, 1.165) is 31.9 Å². The van der Waals surface area contributed by atoms with Crippen LogP contribution < -0.4 is 5.32 Å². The molecule has 0 amide bonds. The molecule has 0 aliphatic carbocycles. The number of nitrogens with one attached hydrogen (secondary N) is 1. The molecule has 4 nitrogen and oxygen atoms in total. The Balaban J connectivity index is 1.90. The minimum atomic E-state index is 0.456. The Labute approximate surface area is 110 Å². The fraction of sp³-hybridized carbons (Fsp3) is 0.786. The fourth-order valence-electron chi connectivity index (χ4n) is 2.42. The SMILES string of the molecule is Cc1ncc(CNC(C)C)n1CCC1CCCO1. The first kappa shape index (κ1) is 13.6. The van der Waals surface area contributed by atoms with Crippen LogP contribution in [0.15, 0.2) is 6.20 Å². The summed E-state index contributed by atoms with van der Waals surface area (Å²) in [5.41, 5.74) is 1.28. The Morgan fingerprint density at radius 1 is 1.56 bits per heavy atom. The van der Waals surface area contributed by atoms with Crippen LogP contribution in [0.3, 0.4) is 0 Å². The van der Waals surface area contributed by atoms with Crippen LogP contribution >= 0.6 is 0 Å². The molecular weight excluding hydrogens is 226 g/mol. The molecule has 1 aliphatic heterocycles. The van der Waals surface area contributed by atoms with Crippen LogP contribution in [-0.4, -0.2) is 28.3 Å². The van der Waals surface area contributed by atoms with Crippen molar-refractivity contribution >= 4 is 0 Å². The molecule has 0 saturated carbocycles. The highest BCUT2D eigenvalue weighted by atomic mass is 16.5. The summed E-state index contributed by atoms with van der Waals surface area (Å²) in [6, 6.07) is 0.506. The quantitative estimate of drug-likeness (QED) is 0.843. The minimum absolute atomic E-state index is 0.456. The van der Waals surface area contributed by atoms with Gasteiger partial charge in [0.2, 0.25) is 0 Å². The molecule has 0 radical (unpaired) electrons. The lowest BCUT2D eigenvalue weighted by Gasteiger charge is -2.15. The molecule has 0 aromatic carbocycles. The zero-order chi connectivity index (χ0) is 13.0. The van der Waals surface area contributed by atoms with Gasteiger partial charge in [-0.1, -0.05) is 13.8 Å². The van der Waals surface area contributed by atoms with Gasteiger partial charge in [0.05, 0.1) is 11.8 Å². The molecule has 0 spiro atoms. The average molecular weight is 251 g/mol. The monoisotopic (exact) mass is 251 g/mol. The molecule has 0 bridgehead atoms. The van der Waals surface area contributed by atoms with Crippen LogP contribution in [0.25, 0.3) is 0 Å². The second kappa shape index (κ2) is 6.34. The van der Waals surface area contributed by atoms with E-state index in [4.69, 9.17) is 4.74 Å². The number of hydrogen-bond acceptors (Lipinski definition) is 3. The summed E-state index contributed by atoms with van der Waals surface area (Å²) in [4.78, 5) is 4.42. The molecule has 102 valence electrons. The van der Waals surface area contributed by atoms with Crippen molar-refractivity contribution < 1.29 is 4.74 Å². The summed E-state index contributed by atoms with van der Waals surface area (Å²) >= 11 is 0. The van der Waals surface area contributed by atoms with Crippen molar-refractivity contribution in [2.75, 3.05) is 6.61 Å². The predicted octanol–water partition coefficient (Wildman–Crippen LogP) is 2.26. The lowest BCUT2D eigenvalue weighted by molar-refractivity contribution is 0.1000. The van der Waals surface area contributed by atoms with Gasteiger partial charge in [0.15, 0.2) is 0 Å². The maximum absolute atomic E-state index is 5.68. The summed E-state index contributed by atoms with van der Waals surface area (Å²) in [6.07, 6.45) is 5.98. The van der Waals surface area contributed by atoms with E-state index < -0.39 is 0 Å². The third-order valence-corrected chi connectivity index (χ3v) is 3.53. The molecule has 1 N–H and O–H groups in total. The second-order valence-corrected chi connectivity index (χ2v) is 5.41. The van der Waals surface area contributed by atoms with Crippen LogP contribution in [0.1, 0.15) is 44.6 Å². The lowest BCUT2D eigenvalue weighted by Crippen LogP contribution is -2.24. The number of aromatic nitrogens is 2. The molecule has 1 saturated heterocycles. The largest absolute Gasteiger partial charge is 0.378 e. The fourth-order valence-corrected chi connectivity index (χ4v) is 2.42. The Hall–Kier alpha value is -0.870. The first-order valence-electron chi connectivity index (χ1n) is 7.03. The minimum Gasteiger partial charge on any atom is -0.378 e. The van der Waals surface area contributed by atoms with Gasteiger partial charge < -0.3 is 14.6 Å². The number of hydrogen-bond donors (Lipinski definition) is 1. The van der Waals surface area contributed by atoms with Crippen molar-refractivity contribution in [3.63, 3.8) is 0 Å². The number of ether oxygens (including phenoxy) is 1. The van der Waals surface area contributed by atoms with Crippen molar-refractivity contribution in [1.82, 2.24) is 14.9 Å². The molecule has 1 fully saturated rings. The summed E-state index contributed by atoms with van der Waals surface area (Å²) in [6.45, 7) is 9.26. The van der Waals surface area contributed by atoms with E-state index in [-0.39, 0.29) is 0 Å². The average Bonchev–Trinajstić information content (AvgIpc) is 2.94. The van der Waals surface area contributed by atoms with Crippen LogP contribution in [0, 0.1) is 6.92 Å². The van der Waals surface area contributed by atoms with E-state index in [2.05, 4.69) is 35.6 Å². The molecular formula is C14H25N3O. The van der Waals surface area contributed by atoms with Gasteiger partial charge >= 0.3 is 0 Å². The van der Waals surface area contributed by atoms with Crippen molar-refractivity contribution in [3.8, 4) is 0 Å². The molecule has 2 rings (SSSR count). The summed E-state index contributed by atoms with van der Waals surface area (Å²) < 4.78 is 8.00.